The van der Waals surface area contributed by atoms with Gasteiger partial charge in [0, 0.05) is 20.3 Å². The van der Waals surface area contributed by atoms with Crippen LogP contribution < -0.4 is 0 Å². The van der Waals surface area contributed by atoms with Crippen molar-refractivity contribution in [3.05, 3.63) is 0 Å². The van der Waals surface area contributed by atoms with Gasteiger partial charge in [-0.25, -0.2) is 0 Å². The summed E-state index contributed by atoms with van der Waals surface area (Å²) in [7, 11) is 1.71. The van der Waals surface area contributed by atoms with Crippen molar-refractivity contribution in [2.75, 3.05) is 32.7 Å². The topological polar surface area (TPSA) is 18.5 Å². The van der Waals surface area contributed by atoms with Gasteiger partial charge in [-0.05, 0) is 18.1 Å². The molecule has 0 aliphatic rings. The Morgan fingerprint density at radius 2 is 2.08 bits per heavy atom. The van der Waals surface area contributed by atoms with E-state index in [1.807, 2.05) is 0 Å². The molecule has 0 N–H and O–H groups in total. The summed E-state index contributed by atoms with van der Waals surface area (Å²) in [5, 5.41) is 0. The summed E-state index contributed by atoms with van der Waals surface area (Å²) in [6.07, 6.45) is 2.13. The van der Waals surface area contributed by atoms with Crippen LogP contribution in [0.25, 0.3) is 0 Å². The van der Waals surface area contributed by atoms with E-state index in [9.17, 15) is 0 Å². The van der Waals surface area contributed by atoms with Crippen LogP contribution in [0.15, 0.2) is 0 Å². The maximum atomic E-state index is 5.45. The van der Waals surface area contributed by atoms with Crippen molar-refractivity contribution in [3.8, 4) is 0 Å². The standard InChI is InChI=1S/C9H20O2S/c1-3-9(8-12)7-11-6-4-5-10-2/h9,12H,3-8H2,1-2H3. The average molecular weight is 192 g/mol. The normalized spacial score (nSPS) is 13.2. The Morgan fingerprint density at radius 1 is 1.33 bits per heavy atom. The van der Waals surface area contributed by atoms with Crippen LogP contribution >= 0.6 is 12.6 Å². The van der Waals surface area contributed by atoms with Gasteiger partial charge in [-0.1, -0.05) is 13.3 Å². The second kappa shape index (κ2) is 9.36. The lowest BCUT2D eigenvalue weighted by Gasteiger charge is -2.11. The van der Waals surface area contributed by atoms with E-state index in [1.165, 1.54) is 0 Å². The lowest BCUT2D eigenvalue weighted by atomic mass is 10.1. The molecule has 0 aliphatic carbocycles. The molecule has 0 aromatic heterocycles. The fourth-order valence-corrected chi connectivity index (χ4v) is 1.22. The zero-order chi connectivity index (χ0) is 9.23. The molecule has 0 aromatic carbocycles. The Morgan fingerprint density at radius 3 is 2.58 bits per heavy atom. The lowest BCUT2D eigenvalue weighted by Crippen LogP contribution is -2.11. The van der Waals surface area contributed by atoms with Crippen LogP contribution in [0.2, 0.25) is 0 Å². The third-order valence-electron chi connectivity index (χ3n) is 1.83. The monoisotopic (exact) mass is 192 g/mol. The fraction of sp³-hybridized carbons (Fsp3) is 1.00. The van der Waals surface area contributed by atoms with E-state index < -0.39 is 0 Å². The van der Waals surface area contributed by atoms with Gasteiger partial charge >= 0.3 is 0 Å². The van der Waals surface area contributed by atoms with E-state index in [4.69, 9.17) is 9.47 Å². The molecular formula is C9H20O2S. The van der Waals surface area contributed by atoms with Crippen molar-refractivity contribution in [2.45, 2.75) is 19.8 Å². The van der Waals surface area contributed by atoms with E-state index in [0.29, 0.717) is 5.92 Å². The van der Waals surface area contributed by atoms with Gasteiger partial charge in [0.1, 0.15) is 0 Å². The van der Waals surface area contributed by atoms with Crippen LogP contribution in [-0.4, -0.2) is 32.7 Å². The number of rotatable bonds is 8. The molecule has 0 rings (SSSR count). The Bertz CT molecular complexity index is 84.6. The van der Waals surface area contributed by atoms with Crippen LogP contribution in [0.1, 0.15) is 19.8 Å². The van der Waals surface area contributed by atoms with Crippen LogP contribution in [0.5, 0.6) is 0 Å². The van der Waals surface area contributed by atoms with Gasteiger partial charge in [0.25, 0.3) is 0 Å². The summed E-state index contributed by atoms with van der Waals surface area (Å²) < 4.78 is 10.4. The second-order valence-corrected chi connectivity index (χ2v) is 3.24. The summed E-state index contributed by atoms with van der Waals surface area (Å²) in [5.74, 6) is 1.52. The van der Waals surface area contributed by atoms with Crippen LogP contribution in [0, 0.1) is 5.92 Å². The Balaban J connectivity index is 3.06. The third kappa shape index (κ3) is 6.95. The maximum absolute atomic E-state index is 5.45. The lowest BCUT2D eigenvalue weighted by molar-refractivity contribution is 0.0827. The van der Waals surface area contributed by atoms with Crippen molar-refractivity contribution in [1.29, 1.82) is 0 Å². The second-order valence-electron chi connectivity index (χ2n) is 2.88. The van der Waals surface area contributed by atoms with E-state index in [0.717, 1.165) is 38.4 Å². The predicted octanol–water partition coefficient (Wildman–Crippen LogP) is 2.00. The summed E-state index contributed by atoms with van der Waals surface area (Å²) >= 11 is 4.23. The van der Waals surface area contributed by atoms with Crippen molar-refractivity contribution in [3.63, 3.8) is 0 Å². The molecule has 2 nitrogen and oxygen atoms in total. The highest BCUT2D eigenvalue weighted by Crippen LogP contribution is 2.04. The highest BCUT2D eigenvalue weighted by Gasteiger charge is 2.02. The Hall–Kier alpha value is 0.270. The molecule has 0 fully saturated rings. The number of thiol groups is 1. The minimum atomic E-state index is 0.607. The Labute approximate surface area is 81.0 Å². The zero-order valence-electron chi connectivity index (χ0n) is 8.08. The smallest absolute Gasteiger partial charge is 0.0501 e. The Kier molecular flexibility index (Phi) is 9.57. The van der Waals surface area contributed by atoms with Crippen molar-refractivity contribution in [1.82, 2.24) is 0 Å². The van der Waals surface area contributed by atoms with Crippen LogP contribution in [0.4, 0.5) is 0 Å². The van der Waals surface area contributed by atoms with Gasteiger partial charge in [-0.3, -0.25) is 0 Å². The minimum absolute atomic E-state index is 0.607. The molecule has 12 heavy (non-hydrogen) atoms. The van der Waals surface area contributed by atoms with Gasteiger partial charge in [-0.2, -0.15) is 12.6 Å². The molecule has 0 heterocycles. The first-order valence-corrected chi connectivity index (χ1v) is 5.15. The summed E-state index contributed by atoms with van der Waals surface area (Å²) in [5.41, 5.74) is 0. The first-order valence-electron chi connectivity index (χ1n) is 4.52. The minimum Gasteiger partial charge on any atom is -0.385 e. The van der Waals surface area contributed by atoms with E-state index >= 15 is 0 Å². The van der Waals surface area contributed by atoms with Gasteiger partial charge in [0.05, 0.1) is 6.61 Å². The highest BCUT2D eigenvalue weighted by atomic mass is 32.1. The molecule has 0 aliphatic heterocycles. The molecule has 74 valence electrons. The molecule has 0 radical (unpaired) electrons. The van der Waals surface area contributed by atoms with Crippen molar-refractivity contribution in [2.24, 2.45) is 5.92 Å². The average Bonchev–Trinajstić information content (AvgIpc) is 2.11. The molecule has 0 bridgehead atoms. The first-order chi connectivity index (χ1) is 5.85. The van der Waals surface area contributed by atoms with Crippen molar-refractivity contribution >= 4 is 12.6 Å². The highest BCUT2D eigenvalue weighted by molar-refractivity contribution is 7.80. The SMILES string of the molecule is CCC(CS)COCCCOC. The molecule has 1 atom stereocenters. The molecule has 0 spiro atoms. The van der Waals surface area contributed by atoms with E-state index in [-0.39, 0.29) is 0 Å². The summed E-state index contributed by atoms with van der Waals surface area (Å²) in [4.78, 5) is 0. The van der Waals surface area contributed by atoms with Gasteiger partial charge in [-0.15, -0.1) is 0 Å². The first kappa shape index (κ1) is 12.3. The quantitative estimate of drug-likeness (QED) is 0.468. The predicted molar refractivity (Wildman–Crippen MR) is 54.9 cm³/mol. The third-order valence-corrected chi connectivity index (χ3v) is 2.34. The zero-order valence-corrected chi connectivity index (χ0v) is 8.98. The van der Waals surface area contributed by atoms with E-state index in [1.54, 1.807) is 7.11 Å². The summed E-state index contributed by atoms with van der Waals surface area (Å²) in [6, 6.07) is 0. The summed E-state index contributed by atoms with van der Waals surface area (Å²) in [6.45, 7) is 4.60. The van der Waals surface area contributed by atoms with Crippen molar-refractivity contribution < 1.29 is 9.47 Å². The number of ether oxygens (including phenoxy) is 2. The molecular weight excluding hydrogens is 172 g/mol. The number of methoxy groups -OCH3 is 1. The largest absolute Gasteiger partial charge is 0.385 e. The van der Waals surface area contributed by atoms with Crippen LogP contribution in [0.3, 0.4) is 0 Å². The molecule has 0 saturated carbocycles. The van der Waals surface area contributed by atoms with Gasteiger partial charge in [0.15, 0.2) is 0 Å². The number of hydrogen-bond acceptors (Lipinski definition) is 3. The molecule has 0 aromatic rings. The molecule has 3 heteroatoms. The van der Waals surface area contributed by atoms with Gasteiger partial charge in [0.2, 0.25) is 0 Å². The number of hydrogen-bond donors (Lipinski definition) is 1. The van der Waals surface area contributed by atoms with E-state index in [2.05, 4.69) is 19.6 Å². The van der Waals surface area contributed by atoms with Crippen LogP contribution in [-0.2, 0) is 9.47 Å². The fourth-order valence-electron chi connectivity index (χ4n) is 0.855. The molecule has 0 amide bonds. The van der Waals surface area contributed by atoms with Gasteiger partial charge < -0.3 is 9.47 Å². The molecule has 0 saturated heterocycles. The maximum Gasteiger partial charge on any atom is 0.0501 e. The molecule has 1 unspecified atom stereocenters.